The summed E-state index contributed by atoms with van der Waals surface area (Å²) in [4.78, 5) is 0. The molecule has 5 heteroatoms. The number of benzene rings is 1. The number of rotatable bonds is 6. The maximum Gasteiger partial charge on any atom is 0.387 e. The summed E-state index contributed by atoms with van der Waals surface area (Å²) in [7, 11) is 1.43. The highest BCUT2D eigenvalue weighted by Crippen LogP contribution is 2.29. The van der Waals surface area contributed by atoms with E-state index in [0.717, 1.165) is 24.8 Å². The minimum absolute atomic E-state index is 0.0744. The summed E-state index contributed by atoms with van der Waals surface area (Å²) in [5, 5.41) is 3.42. The quantitative estimate of drug-likeness (QED) is 0.811. The summed E-state index contributed by atoms with van der Waals surface area (Å²) >= 11 is 0. The molecular formula is C15H19F2NO2. The van der Waals surface area contributed by atoms with Gasteiger partial charge in [0.2, 0.25) is 0 Å². The van der Waals surface area contributed by atoms with Crippen molar-refractivity contribution in [3.8, 4) is 11.5 Å². The summed E-state index contributed by atoms with van der Waals surface area (Å²) in [6.45, 7) is -2.22. The van der Waals surface area contributed by atoms with Gasteiger partial charge in [0, 0.05) is 12.6 Å². The normalized spacial score (nSPS) is 18.3. The van der Waals surface area contributed by atoms with Crippen molar-refractivity contribution in [1.29, 1.82) is 0 Å². The number of methoxy groups -OCH3 is 1. The zero-order valence-corrected chi connectivity index (χ0v) is 11.4. The maximum absolute atomic E-state index is 12.3. The van der Waals surface area contributed by atoms with Crippen molar-refractivity contribution >= 4 is 0 Å². The monoisotopic (exact) mass is 283 g/mol. The number of hydrogen-bond acceptors (Lipinski definition) is 3. The van der Waals surface area contributed by atoms with Crippen molar-refractivity contribution in [2.24, 2.45) is 0 Å². The molecule has 0 aliphatic heterocycles. The lowest BCUT2D eigenvalue weighted by atomic mass is 10.0. The maximum atomic E-state index is 12.3. The van der Waals surface area contributed by atoms with Crippen LogP contribution in [-0.2, 0) is 6.54 Å². The van der Waals surface area contributed by atoms with E-state index in [1.54, 1.807) is 12.1 Å². The van der Waals surface area contributed by atoms with Crippen LogP contribution in [0.5, 0.6) is 11.5 Å². The fraction of sp³-hybridized carbons (Fsp3) is 0.467. The molecule has 1 aliphatic carbocycles. The lowest BCUT2D eigenvalue weighted by molar-refractivity contribution is -0.0512. The number of nitrogens with one attached hydrogen (secondary N) is 1. The van der Waals surface area contributed by atoms with Gasteiger partial charge in [0.15, 0.2) is 11.5 Å². The van der Waals surface area contributed by atoms with Crippen LogP contribution in [-0.4, -0.2) is 19.8 Å². The van der Waals surface area contributed by atoms with Gasteiger partial charge in [0.05, 0.1) is 7.11 Å². The van der Waals surface area contributed by atoms with Gasteiger partial charge in [-0.2, -0.15) is 8.78 Å². The molecule has 2 rings (SSSR count). The molecule has 3 nitrogen and oxygen atoms in total. The van der Waals surface area contributed by atoms with E-state index >= 15 is 0 Å². The molecule has 0 saturated carbocycles. The first kappa shape index (κ1) is 14.8. The van der Waals surface area contributed by atoms with Gasteiger partial charge in [-0.25, -0.2) is 0 Å². The van der Waals surface area contributed by atoms with Gasteiger partial charge in [0.25, 0.3) is 0 Å². The zero-order valence-electron chi connectivity index (χ0n) is 11.4. The molecule has 1 atom stereocenters. The number of ether oxygens (including phenoxy) is 2. The van der Waals surface area contributed by atoms with Crippen LogP contribution in [0.15, 0.2) is 30.4 Å². The van der Waals surface area contributed by atoms with Crippen LogP contribution in [0.4, 0.5) is 8.78 Å². The third kappa shape index (κ3) is 4.20. The van der Waals surface area contributed by atoms with Gasteiger partial charge in [0.1, 0.15) is 0 Å². The van der Waals surface area contributed by atoms with E-state index in [-0.39, 0.29) is 5.75 Å². The molecule has 0 fully saturated rings. The molecule has 1 aromatic rings. The molecule has 110 valence electrons. The first-order chi connectivity index (χ1) is 9.69. The van der Waals surface area contributed by atoms with Gasteiger partial charge in [-0.3, -0.25) is 0 Å². The van der Waals surface area contributed by atoms with E-state index in [1.165, 1.54) is 7.11 Å². The van der Waals surface area contributed by atoms with Crippen LogP contribution in [0.1, 0.15) is 24.8 Å². The second-order valence-electron chi connectivity index (χ2n) is 4.73. The van der Waals surface area contributed by atoms with Crippen LogP contribution < -0.4 is 14.8 Å². The molecule has 0 amide bonds. The second kappa shape index (κ2) is 7.24. The number of allylic oxidation sites excluding steroid dienone is 1. The van der Waals surface area contributed by atoms with E-state index in [0.29, 0.717) is 18.3 Å². The molecule has 20 heavy (non-hydrogen) atoms. The van der Waals surface area contributed by atoms with Crippen LogP contribution >= 0.6 is 0 Å². The standard InChI is InChI=1S/C15H19F2NO2/c1-19-13-8-7-11(9-14(13)20-15(16)17)10-18-12-5-3-2-4-6-12/h2-3,7-9,12,15,18H,4-6,10H2,1H3. The highest BCUT2D eigenvalue weighted by Gasteiger charge is 2.13. The van der Waals surface area contributed by atoms with E-state index in [4.69, 9.17) is 4.74 Å². The molecule has 0 bridgehead atoms. The van der Waals surface area contributed by atoms with Crippen molar-refractivity contribution in [3.05, 3.63) is 35.9 Å². The highest BCUT2D eigenvalue weighted by atomic mass is 19.3. The molecule has 1 aromatic carbocycles. The fourth-order valence-corrected chi connectivity index (χ4v) is 2.26. The largest absolute Gasteiger partial charge is 0.493 e. The minimum Gasteiger partial charge on any atom is -0.493 e. The second-order valence-corrected chi connectivity index (χ2v) is 4.73. The molecule has 0 radical (unpaired) electrons. The Morgan fingerprint density at radius 3 is 2.80 bits per heavy atom. The predicted octanol–water partition coefficient (Wildman–Crippen LogP) is 3.49. The predicted molar refractivity (Wildman–Crippen MR) is 73.2 cm³/mol. The van der Waals surface area contributed by atoms with Gasteiger partial charge < -0.3 is 14.8 Å². The van der Waals surface area contributed by atoms with E-state index < -0.39 is 6.61 Å². The van der Waals surface area contributed by atoms with Gasteiger partial charge in [-0.05, 0) is 37.0 Å². The lowest BCUT2D eigenvalue weighted by Crippen LogP contribution is -2.29. The molecule has 0 spiro atoms. The van der Waals surface area contributed by atoms with E-state index in [1.807, 2.05) is 6.07 Å². The molecule has 1 aliphatic rings. The average molecular weight is 283 g/mol. The zero-order chi connectivity index (χ0) is 14.4. The van der Waals surface area contributed by atoms with Crippen LogP contribution in [0.3, 0.4) is 0 Å². The molecule has 0 heterocycles. The molecule has 1 N–H and O–H groups in total. The van der Waals surface area contributed by atoms with Gasteiger partial charge in [-0.1, -0.05) is 18.2 Å². The third-order valence-electron chi connectivity index (χ3n) is 3.31. The first-order valence-electron chi connectivity index (χ1n) is 6.69. The number of alkyl halides is 2. The Morgan fingerprint density at radius 1 is 1.30 bits per heavy atom. The lowest BCUT2D eigenvalue weighted by Gasteiger charge is -2.20. The van der Waals surface area contributed by atoms with Crippen molar-refractivity contribution in [2.45, 2.75) is 38.5 Å². The van der Waals surface area contributed by atoms with Gasteiger partial charge in [-0.15, -0.1) is 0 Å². The Morgan fingerprint density at radius 2 is 2.15 bits per heavy atom. The smallest absolute Gasteiger partial charge is 0.387 e. The average Bonchev–Trinajstić information content (AvgIpc) is 2.46. The van der Waals surface area contributed by atoms with Crippen LogP contribution in [0, 0.1) is 0 Å². The Kier molecular flexibility index (Phi) is 5.35. The Hall–Kier alpha value is -1.62. The topological polar surface area (TPSA) is 30.5 Å². The summed E-state index contributed by atoms with van der Waals surface area (Å²) in [5.41, 5.74) is 0.899. The first-order valence-corrected chi connectivity index (χ1v) is 6.69. The molecule has 0 saturated heterocycles. The van der Waals surface area contributed by atoms with Crippen LogP contribution in [0.25, 0.3) is 0 Å². The van der Waals surface area contributed by atoms with Crippen molar-refractivity contribution in [1.82, 2.24) is 5.32 Å². The Labute approximate surface area is 117 Å². The van der Waals surface area contributed by atoms with Gasteiger partial charge >= 0.3 is 6.61 Å². The molecule has 0 aromatic heterocycles. The Balaban J connectivity index is 1.98. The summed E-state index contributed by atoms with van der Waals surface area (Å²) in [6.07, 6.45) is 7.55. The highest BCUT2D eigenvalue weighted by molar-refractivity contribution is 5.43. The minimum atomic E-state index is -2.85. The summed E-state index contributed by atoms with van der Waals surface area (Å²) in [6, 6.07) is 5.54. The Bertz CT molecular complexity index is 463. The van der Waals surface area contributed by atoms with Crippen molar-refractivity contribution in [3.63, 3.8) is 0 Å². The number of hydrogen-bond donors (Lipinski definition) is 1. The third-order valence-corrected chi connectivity index (χ3v) is 3.31. The van der Waals surface area contributed by atoms with Crippen molar-refractivity contribution < 1.29 is 18.3 Å². The molecular weight excluding hydrogens is 264 g/mol. The summed E-state index contributed by atoms with van der Waals surface area (Å²) in [5.74, 6) is 0.389. The van der Waals surface area contributed by atoms with E-state index in [9.17, 15) is 8.78 Å². The van der Waals surface area contributed by atoms with E-state index in [2.05, 4.69) is 22.2 Å². The summed E-state index contributed by atoms with van der Waals surface area (Å²) < 4.78 is 34.2. The van der Waals surface area contributed by atoms with Crippen molar-refractivity contribution in [2.75, 3.05) is 7.11 Å². The SMILES string of the molecule is COc1ccc(CNC2CC=CCC2)cc1OC(F)F. The molecule has 1 unspecified atom stereocenters. The number of halogens is 2. The van der Waals surface area contributed by atoms with Crippen LogP contribution in [0.2, 0.25) is 0 Å². The fourth-order valence-electron chi connectivity index (χ4n) is 2.26.